The molecule has 1 amide bonds. The maximum atomic E-state index is 11.5. The quantitative estimate of drug-likeness (QED) is 0.744. The maximum Gasteiger partial charge on any atom is 0.305 e. The van der Waals surface area contributed by atoms with Gasteiger partial charge in [0.25, 0.3) is 0 Å². The highest BCUT2D eigenvalue weighted by atomic mass is 16.4. The summed E-state index contributed by atoms with van der Waals surface area (Å²) in [6.45, 7) is 0.165. The van der Waals surface area contributed by atoms with E-state index in [1.165, 1.54) is 11.2 Å². The number of nitrogens with zero attached hydrogens (tertiary/aromatic N) is 3. The van der Waals surface area contributed by atoms with Crippen molar-refractivity contribution < 1.29 is 14.7 Å². The Balaban J connectivity index is 2.18. The van der Waals surface area contributed by atoms with Crippen LogP contribution in [0.25, 0.3) is 0 Å². The Morgan fingerprint density at radius 2 is 2.40 bits per heavy atom. The summed E-state index contributed by atoms with van der Waals surface area (Å²) in [4.78, 5) is 31.1. The van der Waals surface area contributed by atoms with E-state index in [9.17, 15) is 9.59 Å². The molecule has 0 aliphatic carbocycles. The number of amides is 1. The van der Waals surface area contributed by atoms with E-state index in [0.29, 0.717) is 5.82 Å². The van der Waals surface area contributed by atoms with Gasteiger partial charge in [0.1, 0.15) is 12.1 Å². The molecule has 2 heterocycles. The van der Waals surface area contributed by atoms with E-state index in [0.717, 1.165) is 5.56 Å². The summed E-state index contributed by atoms with van der Waals surface area (Å²) >= 11 is 0. The van der Waals surface area contributed by atoms with Crippen LogP contribution in [0.2, 0.25) is 0 Å². The maximum absolute atomic E-state index is 11.5. The molecule has 0 bridgehead atoms. The van der Waals surface area contributed by atoms with Crippen LogP contribution in [0.4, 0.5) is 5.82 Å². The number of carbonyl (C=O) groups excluding carboxylic acids is 1. The van der Waals surface area contributed by atoms with Crippen LogP contribution in [0.1, 0.15) is 12.0 Å². The monoisotopic (exact) mass is 207 g/mol. The summed E-state index contributed by atoms with van der Waals surface area (Å²) in [6.07, 6.45) is 3.12. The lowest BCUT2D eigenvalue weighted by atomic mass is 10.3. The fourth-order valence-electron chi connectivity index (χ4n) is 1.53. The average Bonchev–Trinajstić information content (AvgIpc) is 2.50. The smallest absolute Gasteiger partial charge is 0.305 e. The molecule has 15 heavy (non-hydrogen) atoms. The van der Waals surface area contributed by atoms with Crippen molar-refractivity contribution in [3.8, 4) is 0 Å². The average molecular weight is 207 g/mol. The number of hydrogen-bond acceptors (Lipinski definition) is 4. The zero-order chi connectivity index (χ0) is 10.8. The predicted molar refractivity (Wildman–Crippen MR) is 50.3 cm³/mol. The normalized spacial score (nSPS) is 14.1. The molecule has 0 radical (unpaired) electrons. The first-order valence-electron chi connectivity index (χ1n) is 4.49. The van der Waals surface area contributed by atoms with Gasteiger partial charge in [-0.15, -0.1) is 0 Å². The first-order valence-corrected chi connectivity index (χ1v) is 4.49. The Morgan fingerprint density at radius 3 is 3.13 bits per heavy atom. The van der Waals surface area contributed by atoms with Crippen LogP contribution >= 0.6 is 0 Å². The van der Waals surface area contributed by atoms with Gasteiger partial charge in [-0.25, -0.2) is 9.97 Å². The van der Waals surface area contributed by atoms with Crippen molar-refractivity contribution in [1.82, 2.24) is 9.97 Å². The van der Waals surface area contributed by atoms with Crippen molar-refractivity contribution >= 4 is 17.7 Å². The van der Waals surface area contributed by atoms with Gasteiger partial charge in [-0.1, -0.05) is 0 Å². The van der Waals surface area contributed by atoms with Crippen molar-refractivity contribution in [2.24, 2.45) is 0 Å². The van der Waals surface area contributed by atoms with E-state index >= 15 is 0 Å². The molecule has 0 unspecified atom stereocenters. The number of carbonyl (C=O) groups is 2. The highest BCUT2D eigenvalue weighted by Crippen LogP contribution is 2.24. The lowest BCUT2D eigenvalue weighted by Crippen LogP contribution is -2.29. The second-order valence-electron chi connectivity index (χ2n) is 3.24. The molecule has 6 heteroatoms. The van der Waals surface area contributed by atoms with Crippen molar-refractivity contribution in [2.45, 2.75) is 12.8 Å². The molecule has 1 aliphatic rings. The Labute approximate surface area is 85.6 Å². The number of fused-ring (bicyclic) bond motifs is 1. The van der Waals surface area contributed by atoms with Gasteiger partial charge in [0.05, 0.1) is 12.8 Å². The minimum Gasteiger partial charge on any atom is -0.481 e. The summed E-state index contributed by atoms with van der Waals surface area (Å²) in [5.41, 5.74) is 0.757. The molecule has 1 aromatic heterocycles. The van der Waals surface area contributed by atoms with Gasteiger partial charge in [0.15, 0.2) is 0 Å². The third kappa shape index (κ3) is 1.78. The van der Waals surface area contributed by atoms with Gasteiger partial charge in [-0.05, 0) is 0 Å². The van der Waals surface area contributed by atoms with Gasteiger partial charge in [-0.3, -0.25) is 14.5 Å². The molecule has 1 N–H and O–H groups in total. The first kappa shape index (κ1) is 9.57. The Hall–Kier alpha value is -1.98. The number of carboxylic acids is 1. The zero-order valence-corrected chi connectivity index (χ0v) is 7.88. The van der Waals surface area contributed by atoms with Crippen LogP contribution in [-0.2, 0) is 16.0 Å². The van der Waals surface area contributed by atoms with Crippen LogP contribution in [-0.4, -0.2) is 33.5 Å². The Kier molecular flexibility index (Phi) is 2.32. The number of aromatic nitrogens is 2. The summed E-state index contributed by atoms with van der Waals surface area (Å²) in [5, 5.41) is 8.54. The Bertz CT molecular complexity index is 419. The highest BCUT2D eigenvalue weighted by Gasteiger charge is 2.28. The summed E-state index contributed by atoms with van der Waals surface area (Å²) in [7, 11) is 0. The van der Waals surface area contributed by atoms with Gasteiger partial charge >= 0.3 is 5.97 Å². The molecule has 0 saturated carbocycles. The molecular weight excluding hydrogens is 198 g/mol. The first-order chi connectivity index (χ1) is 7.18. The predicted octanol–water partition coefficient (Wildman–Crippen LogP) is -0.160. The SMILES string of the molecule is O=C(O)CCN1C(=O)Cc2cncnc21. The van der Waals surface area contributed by atoms with Crippen molar-refractivity contribution in [3.05, 3.63) is 18.1 Å². The molecule has 0 aromatic carbocycles. The van der Waals surface area contributed by atoms with Gasteiger partial charge in [0, 0.05) is 18.3 Å². The van der Waals surface area contributed by atoms with E-state index in [-0.39, 0.29) is 25.3 Å². The van der Waals surface area contributed by atoms with Crippen molar-refractivity contribution in [2.75, 3.05) is 11.4 Å². The van der Waals surface area contributed by atoms with Crippen molar-refractivity contribution in [1.29, 1.82) is 0 Å². The minimum atomic E-state index is -0.926. The van der Waals surface area contributed by atoms with Gasteiger partial charge < -0.3 is 5.11 Å². The van der Waals surface area contributed by atoms with E-state index in [2.05, 4.69) is 9.97 Å². The molecule has 78 valence electrons. The van der Waals surface area contributed by atoms with Crippen molar-refractivity contribution in [3.63, 3.8) is 0 Å². The Morgan fingerprint density at radius 1 is 1.60 bits per heavy atom. The fourth-order valence-corrected chi connectivity index (χ4v) is 1.53. The fraction of sp³-hybridized carbons (Fsp3) is 0.333. The molecule has 1 aromatic rings. The summed E-state index contributed by atoms with van der Waals surface area (Å²) < 4.78 is 0. The van der Waals surface area contributed by atoms with Crippen LogP contribution in [0, 0.1) is 0 Å². The molecule has 2 rings (SSSR count). The number of aliphatic carboxylic acids is 1. The van der Waals surface area contributed by atoms with E-state index in [1.54, 1.807) is 6.20 Å². The lowest BCUT2D eigenvalue weighted by molar-refractivity contribution is -0.136. The molecule has 0 atom stereocenters. The van der Waals surface area contributed by atoms with E-state index in [4.69, 9.17) is 5.11 Å². The topological polar surface area (TPSA) is 83.4 Å². The van der Waals surface area contributed by atoms with E-state index in [1.807, 2.05) is 0 Å². The molecular formula is C9H9N3O3. The summed E-state index contributed by atoms with van der Waals surface area (Å²) in [6, 6.07) is 0. The highest BCUT2D eigenvalue weighted by molar-refractivity contribution is 6.00. The molecule has 0 fully saturated rings. The summed E-state index contributed by atoms with van der Waals surface area (Å²) in [5.74, 6) is -0.506. The minimum absolute atomic E-state index is 0.0742. The van der Waals surface area contributed by atoms with Gasteiger partial charge in [-0.2, -0.15) is 0 Å². The molecule has 0 saturated heterocycles. The largest absolute Gasteiger partial charge is 0.481 e. The van der Waals surface area contributed by atoms with Crippen LogP contribution in [0.3, 0.4) is 0 Å². The van der Waals surface area contributed by atoms with Crippen LogP contribution in [0.15, 0.2) is 12.5 Å². The second kappa shape index (κ2) is 3.64. The zero-order valence-electron chi connectivity index (χ0n) is 7.88. The molecule has 0 spiro atoms. The number of hydrogen-bond donors (Lipinski definition) is 1. The molecule has 1 aliphatic heterocycles. The van der Waals surface area contributed by atoms with Crippen LogP contribution in [0.5, 0.6) is 0 Å². The van der Waals surface area contributed by atoms with Gasteiger partial charge in [0.2, 0.25) is 5.91 Å². The second-order valence-corrected chi connectivity index (χ2v) is 3.24. The number of anilines is 1. The van der Waals surface area contributed by atoms with E-state index < -0.39 is 5.97 Å². The third-order valence-electron chi connectivity index (χ3n) is 2.21. The number of carboxylic acid groups (broad SMARTS) is 1. The third-order valence-corrected chi connectivity index (χ3v) is 2.21. The molecule has 6 nitrogen and oxygen atoms in total. The standard InChI is InChI=1S/C9H9N3O3/c13-7-3-6-4-10-5-11-9(6)12(7)2-1-8(14)15/h4-5H,1-3H2,(H,14,15). The number of rotatable bonds is 3. The van der Waals surface area contributed by atoms with Crippen LogP contribution < -0.4 is 4.90 Å². The lowest BCUT2D eigenvalue weighted by Gasteiger charge is -2.14.